The molecule has 0 heterocycles. The van der Waals surface area contributed by atoms with Gasteiger partial charge in [0.25, 0.3) is 0 Å². The van der Waals surface area contributed by atoms with Crippen molar-refractivity contribution in [1.29, 1.82) is 5.26 Å². The first-order valence-electron chi connectivity index (χ1n) is 8.79. The van der Waals surface area contributed by atoms with E-state index in [-0.39, 0.29) is 5.92 Å². The fourth-order valence-corrected chi connectivity index (χ4v) is 4.92. The Balaban J connectivity index is 2.35. The molecule has 2 fully saturated rings. The van der Waals surface area contributed by atoms with Gasteiger partial charge in [-0.1, -0.05) is 41.0 Å². The van der Waals surface area contributed by atoms with Crippen LogP contribution in [0.4, 0.5) is 0 Å². The molecule has 3 unspecified atom stereocenters. The quantitative estimate of drug-likeness (QED) is 0.784. The van der Waals surface area contributed by atoms with Crippen molar-refractivity contribution in [1.82, 2.24) is 0 Å². The highest BCUT2D eigenvalue weighted by Gasteiger charge is 2.58. The van der Waals surface area contributed by atoms with E-state index < -0.39 is 11.0 Å². The normalized spacial score (nSPS) is 39.0. The van der Waals surface area contributed by atoms with Crippen molar-refractivity contribution in [2.75, 3.05) is 0 Å². The number of hydrogen-bond donors (Lipinski definition) is 1. The predicted molar refractivity (Wildman–Crippen MR) is 86.6 cm³/mol. The molecule has 0 aromatic heterocycles. The zero-order chi connectivity index (χ0) is 15.9. The molecule has 0 bridgehead atoms. The second-order valence-electron chi connectivity index (χ2n) is 9.02. The van der Waals surface area contributed by atoms with Crippen LogP contribution in [0.25, 0.3) is 0 Å². The average molecular weight is 291 g/mol. The Kier molecular flexibility index (Phi) is 4.47. The molecule has 2 aliphatic carbocycles. The van der Waals surface area contributed by atoms with Gasteiger partial charge in [-0.2, -0.15) is 5.26 Å². The molecule has 120 valence electrons. The first-order valence-corrected chi connectivity index (χ1v) is 8.79. The van der Waals surface area contributed by atoms with Crippen LogP contribution < -0.4 is 0 Å². The molecule has 21 heavy (non-hydrogen) atoms. The van der Waals surface area contributed by atoms with E-state index in [0.717, 1.165) is 38.5 Å². The zero-order valence-electron chi connectivity index (χ0n) is 14.6. The lowest BCUT2D eigenvalue weighted by Crippen LogP contribution is -2.58. The largest absolute Gasteiger partial charge is 0.388 e. The summed E-state index contributed by atoms with van der Waals surface area (Å²) in [5.41, 5.74) is -0.986. The lowest BCUT2D eigenvalue weighted by molar-refractivity contribution is -0.165. The van der Waals surface area contributed by atoms with Crippen molar-refractivity contribution in [3.8, 4) is 6.07 Å². The minimum Gasteiger partial charge on any atom is -0.388 e. The number of aliphatic hydroxyl groups is 1. The van der Waals surface area contributed by atoms with E-state index in [1.807, 2.05) is 0 Å². The van der Waals surface area contributed by atoms with Crippen LogP contribution in [0.3, 0.4) is 0 Å². The van der Waals surface area contributed by atoms with Gasteiger partial charge in [-0.15, -0.1) is 0 Å². The van der Waals surface area contributed by atoms with Crippen LogP contribution in [0.1, 0.15) is 79.6 Å². The van der Waals surface area contributed by atoms with Crippen molar-refractivity contribution in [3.63, 3.8) is 0 Å². The third-order valence-corrected chi connectivity index (χ3v) is 6.55. The maximum atomic E-state index is 11.7. The SMILES string of the molecule is CC1CCC(C(C)C)C(O)(C2(C#N)CCC(C)(C)CC2)C1. The Hall–Kier alpha value is -0.550. The van der Waals surface area contributed by atoms with Gasteiger partial charge in [0.2, 0.25) is 0 Å². The van der Waals surface area contributed by atoms with Crippen molar-refractivity contribution >= 4 is 0 Å². The molecule has 0 aromatic carbocycles. The second-order valence-corrected chi connectivity index (χ2v) is 9.02. The van der Waals surface area contributed by atoms with Crippen LogP contribution in [-0.2, 0) is 0 Å². The third kappa shape index (κ3) is 2.87. The van der Waals surface area contributed by atoms with E-state index in [4.69, 9.17) is 0 Å². The van der Waals surface area contributed by atoms with Crippen LogP contribution >= 0.6 is 0 Å². The highest BCUT2D eigenvalue weighted by molar-refractivity contribution is 5.17. The lowest BCUT2D eigenvalue weighted by Gasteiger charge is -2.55. The summed E-state index contributed by atoms with van der Waals surface area (Å²) in [7, 11) is 0. The summed E-state index contributed by atoms with van der Waals surface area (Å²) in [6.07, 6.45) is 6.92. The molecule has 1 N–H and O–H groups in total. The van der Waals surface area contributed by atoms with Crippen LogP contribution in [0.15, 0.2) is 0 Å². The van der Waals surface area contributed by atoms with Crippen molar-refractivity contribution in [2.24, 2.45) is 28.6 Å². The maximum Gasteiger partial charge on any atom is 0.0866 e. The van der Waals surface area contributed by atoms with Crippen LogP contribution in [0, 0.1) is 39.9 Å². The van der Waals surface area contributed by atoms with Gasteiger partial charge in [-0.05, 0) is 61.7 Å². The van der Waals surface area contributed by atoms with Crippen molar-refractivity contribution in [2.45, 2.75) is 85.2 Å². The third-order valence-electron chi connectivity index (χ3n) is 6.55. The number of hydrogen-bond acceptors (Lipinski definition) is 2. The minimum absolute atomic E-state index is 0.273. The van der Waals surface area contributed by atoms with Crippen molar-refractivity contribution in [3.05, 3.63) is 0 Å². The summed E-state index contributed by atoms with van der Waals surface area (Å²) in [5.74, 6) is 1.25. The van der Waals surface area contributed by atoms with E-state index in [1.165, 1.54) is 6.42 Å². The first kappa shape index (κ1) is 16.8. The molecule has 2 rings (SSSR count). The van der Waals surface area contributed by atoms with Gasteiger partial charge in [0, 0.05) is 0 Å². The fourth-order valence-electron chi connectivity index (χ4n) is 4.92. The monoisotopic (exact) mass is 291 g/mol. The van der Waals surface area contributed by atoms with Gasteiger partial charge in [0.05, 0.1) is 17.1 Å². The number of rotatable bonds is 2. The lowest BCUT2D eigenvalue weighted by atomic mass is 9.50. The minimum atomic E-state index is -0.788. The highest BCUT2D eigenvalue weighted by Crippen LogP contribution is 2.58. The van der Waals surface area contributed by atoms with Crippen LogP contribution in [-0.4, -0.2) is 10.7 Å². The summed E-state index contributed by atoms with van der Waals surface area (Å²) in [6, 6.07) is 2.62. The van der Waals surface area contributed by atoms with Crippen LogP contribution in [0.2, 0.25) is 0 Å². The molecule has 0 amide bonds. The molecule has 3 atom stereocenters. The Morgan fingerprint density at radius 2 is 1.67 bits per heavy atom. The van der Waals surface area contributed by atoms with Gasteiger partial charge in [-0.25, -0.2) is 0 Å². The van der Waals surface area contributed by atoms with E-state index in [2.05, 4.69) is 40.7 Å². The van der Waals surface area contributed by atoms with Gasteiger partial charge < -0.3 is 5.11 Å². The molecule has 2 saturated carbocycles. The first-order chi connectivity index (χ1) is 9.66. The van der Waals surface area contributed by atoms with E-state index >= 15 is 0 Å². The Labute approximate surface area is 130 Å². The van der Waals surface area contributed by atoms with E-state index in [0.29, 0.717) is 17.3 Å². The molecule has 0 saturated heterocycles. The Bertz CT molecular complexity index is 410. The van der Waals surface area contributed by atoms with E-state index in [9.17, 15) is 10.4 Å². The van der Waals surface area contributed by atoms with Crippen molar-refractivity contribution < 1.29 is 5.11 Å². The smallest absolute Gasteiger partial charge is 0.0866 e. The molecular formula is C19H33NO. The Morgan fingerprint density at radius 3 is 2.14 bits per heavy atom. The summed E-state index contributed by atoms with van der Waals surface area (Å²) in [4.78, 5) is 0. The fraction of sp³-hybridized carbons (Fsp3) is 0.947. The van der Waals surface area contributed by atoms with Gasteiger partial charge >= 0.3 is 0 Å². The number of nitriles is 1. The molecule has 2 aliphatic rings. The number of nitrogens with zero attached hydrogens (tertiary/aromatic N) is 1. The maximum absolute atomic E-state index is 11.7. The molecule has 0 spiro atoms. The molecule has 0 aromatic rings. The summed E-state index contributed by atoms with van der Waals surface area (Å²) in [5, 5.41) is 21.7. The topological polar surface area (TPSA) is 44.0 Å². The van der Waals surface area contributed by atoms with E-state index in [1.54, 1.807) is 0 Å². The second kappa shape index (κ2) is 5.58. The highest BCUT2D eigenvalue weighted by atomic mass is 16.3. The Morgan fingerprint density at radius 1 is 1.10 bits per heavy atom. The summed E-state index contributed by atoms with van der Waals surface area (Å²) >= 11 is 0. The molecule has 2 nitrogen and oxygen atoms in total. The zero-order valence-corrected chi connectivity index (χ0v) is 14.6. The average Bonchev–Trinajstić information content (AvgIpc) is 2.38. The standard InChI is InChI=1S/C19H33NO/c1-14(2)16-7-6-15(3)12-19(16,21)18(13-20)10-8-17(4,5)9-11-18/h14-16,21H,6-12H2,1-5H3. The summed E-state index contributed by atoms with van der Waals surface area (Å²) < 4.78 is 0. The molecular weight excluding hydrogens is 258 g/mol. The summed E-state index contributed by atoms with van der Waals surface area (Å²) in [6.45, 7) is 11.2. The molecule has 0 aliphatic heterocycles. The predicted octanol–water partition coefficient (Wildman–Crippen LogP) is 4.92. The van der Waals surface area contributed by atoms with Crippen LogP contribution in [0.5, 0.6) is 0 Å². The van der Waals surface area contributed by atoms with Gasteiger partial charge in [0.15, 0.2) is 0 Å². The van der Waals surface area contributed by atoms with Gasteiger partial charge in [0.1, 0.15) is 0 Å². The molecule has 2 heteroatoms. The molecule has 0 radical (unpaired) electrons. The van der Waals surface area contributed by atoms with Gasteiger partial charge in [-0.3, -0.25) is 0 Å².